The van der Waals surface area contributed by atoms with Crippen LogP contribution >= 0.6 is 0 Å². The van der Waals surface area contributed by atoms with E-state index >= 15 is 0 Å². The summed E-state index contributed by atoms with van der Waals surface area (Å²) >= 11 is 0. The highest BCUT2D eigenvalue weighted by molar-refractivity contribution is 6.04. The number of rotatable bonds is 5. The zero-order valence-electron chi connectivity index (χ0n) is 11.6. The first kappa shape index (κ1) is 13.6. The summed E-state index contributed by atoms with van der Waals surface area (Å²) in [5.41, 5.74) is 2.10. The predicted molar refractivity (Wildman–Crippen MR) is 81.3 cm³/mol. The van der Waals surface area contributed by atoms with E-state index in [1.165, 1.54) is 31.2 Å². The number of pyridine rings is 1. The van der Waals surface area contributed by atoms with Gasteiger partial charge in [-0.3, -0.25) is 9.59 Å². The first-order valence-corrected chi connectivity index (χ1v) is 7.03. The summed E-state index contributed by atoms with van der Waals surface area (Å²) < 4.78 is 0. The molecular weight excluding hydrogens is 266 g/mol. The molecule has 1 fully saturated rings. The van der Waals surface area contributed by atoms with Crippen LogP contribution in [0.25, 0.3) is 0 Å². The number of aromatic nitrogens is 1. The monoisotopic (exact) mass is 283 g/mol. The highest BCUT2D eigenvalue weighted by Crippen LogP contribution is 2.20. The Hall–Kier alpha value is -2.40. The van der Waals surface area contributed by atoms with Crippen molar-refractivity contribution in [3.63, 3.8) is 0 Å². The molecule has 5 heteroatoms. The molecule has 2 aromatic rings. The number of carbonyl (C=O) groups is 1. The van der Waals surface area contributed by atoms with Crippen molar-refractivity contribution in [1.29, 1.82) is 0 Å². The van der Waals surface area contributed by atoms with E-state index in [0.717, 1.165) is 17.8 Å². The van der Waals surface area contributed by atoms with Gasteiger partial charge in [-0.05, 0) is 36.6 Å². The minimum Gasteiger partial charge on any atom is -0.328 e. The molecule has 1 aliphatic rings. The zero-order valence-corrected chi connectivity index (χ0v) is 11.6. The molecule has 21 heavy (non-hydrogen) atoms. The van der Waals surface area contributed by atoms with Crippen molar-refractivity contribution < 1.29 is 4.79 Å². The van der Waals surface area contributed by atoms with Crippen LogP contribution in [0.5, 0.6) is 0 Å². The molecule has 3 rings (SSSR count). The Bertz CT molecular complexity index is 684. The Morgan fingerprint density at radius 3 is 2.81 bits per heavy atom. The molecule has 1 amide bonds. The number of hydrogen-bond acceptors (Lipinski definition) is 3. The van der Waals surface area contributed by atoms with Crippen molar-refractivity contribution in [2.24, 2.45) is 0 Å². The van der Waals surface area contributed by atoms with Crippen LogP contribution in [-0.2, 0) is 6.54 Å². The fourth-order valence-corrected chi connectivity index (χ4v) is 2.06. The molecule has 0 radical (unpaired) electrons. The molecule has 0 atom stereocenters. The number of amides is 1. The van der Waals surface area contributed by atoms with Crippen molar-refractivity contribution in [3.05, 3.63) is 64.1 Å². The van der Waals surface area contributed by atoms with E-state index in [-0.39, 0.29) is 11.5 Å². The lowest BCUT2D eigenvalue weighted by atomic mass is 10.2. The molecule has 1 aliphatic carbocycles. The Labute approximate surface area is 122 Å². The molecule has 0 saturated heterocycles. The van der Waals surface area contributed by atoms with E-state index in [1.807, 2.05) is 24.3 Å². The fraction of sp³-hybridized carbons (Fsp3) is 0.250. The Morgan fingerprint density at radius 1 is 1.24 bits per heavy atom. The maximum absolute atomic E-state index is 12.1. The first-order chi connectivity index (χ1) is 10.2. The summed E-state index contributed by atoms with van der Waals surface area (Å²) in [6.07, 6.45) is 3.92. The molecular formula is C16H17N3O2. The SMILES string of the molecule is O=C(Nc1cccc(CNC2CC2)c1)c1ccc(=O)[nH]c1. The maximum atomic E-state index is 12.1. The van der Waals surface area contributed by atoms with Crippen molar-refractivity contribution >= 4 is 11.6 Å². The number of nitrogens with one attached hydrogen (secondary N) is 3. The van der Waals surface area contributed by atoms with E-state index < -0.39 is 0 Å². The second-order valence-electron chi connectivity index (χ2n) is 5.25. The molecule has 0 aliphatic heterocycles. The number of H-pyrrole nitrogens is 1. The topological polar surface area (TPSA) is 74.0 Å². The van der Waals surface area contributed by atoms with Gasteiger partial charge in [0.1, 0.15) is 0 Å². The van der Waals surface area contributed by atoms with Gasteiger partial charge in [-0.1, -0.05) is 12.1 Å². The molecule has 0 bridgehead atoms. The van der Waals surface area contributed by atoms with Gasteiger partial charge in [0.05, 0.1) is 5.56 Å². The van der Waals surface area contributed by atoms with E-state index in [1.54, 1.807) is 0 Å². The van der Waals surface area contributed by atoms with Crippen LogP contribution in [-0.4, -0.2) is 16.9 Å². The Kier molecular flexibility index (Phi) is 3.83. The molecule has 0 unspecified atom stereocenters. The second kappa shape index (κ2) is 5.93. The van der Waals surface area contributed by atoms with Crippen LogP contribution in [0.1, 0.15) is 28.8 Å². The van der Waals surface area contributed by atoms with Gasteiger partial charge >= 0.3 is 0 Å². The summed E-state index contributed by atoms with van der Waals surface area (Å²) in [6.45, 7) is 0.813. The van der Waals surface area contributed by atoms with Gasteiger partial charge in [0.2, 0.25) is 5.56 Å². The summed E-state index contributed by atoms with van der Waals surface area (Å²) in [6, 6.07) is 11.3. The van der Waals surface area contributed by atoms with Crippen molar-refractivity contribution in [1.82, 2.24) is 10.3 Å². The van der Waals surface area contributed by atoms with Gasteiger partial charge in [0.15, 0.2) is 0 Å². The maximum Gasteiger partial charge on any atom is 0.257 e. The Balaban J connectivity index is 1.65. The number of anilines is 1. The Morgan fingerprint density at radius 2 is 2.10 bits per heavy atom. The molecule has 1 saturated carbocycles. The van der Waals surface area contributed by atoms with E-state index in [0.29, 0.717) is 11.6 Å². The molecule has 1 aromatic carbocycles. The number of benzene rings is 1. The van der Waals surface area contributed by atoms with Crippen LogP contribution in [0.2, 0.25) is 0 Å². The van der Waals surface area contributed by atoms with Gasteiger partial charge in [0, 0.05) is 30.5 Å². The van der Waals surface area contributed by atoms with Gasteiger partial charge in [-0.25, -0.2) is 0 Å². The smallest absolute Gasteiger partial charge is 0.257 e. The third-order valence-electron chi connectivity index (χ3n) is 3.40. The van der Waals surface area contributed by atoms with Gasteiger partial charge < -0.3 is 15.6 Å². The molecule has 1 heterocycles. The van der Waals surface area contributed by atoms with Crippen LogP contribution in [0.4, 0.5) is 5.69 Å². The summed E-state index contributed by atoms with van der Waals surface area (Å²) in [4.78, 5) is 25.5. The molecule has 1 aromatic heterocycles. The van der Waals surface area contributed by atoms with Crippen molar-refractivity contribution in [3.8, 4) is 0 Å². The van der Waals surface area contributed by atoms with E-state index in [4.69, 9.17) is 0 Å². The second-order valence-corrected chi connectivity index (χ2v) is 5.25. The molecule has 108 valence electrons. The standard InChI is InChI=1S/C16H17N3O2/c20-15-7-4-12(10-18-15)16(21)19-14-3-1-2-11(8-14)9-17-13-5-6-13/h1-4,7-8,10,13,17H,5-6,9H2,(H,18,20)(H,19,21). The van der Waals surface area contributed by atoms with Crippen molar-refractivity contribution in [2.45, 2.75) is 25.4 Å². The summed E-state index contributed by atoms with van der Waals surface area (Å²) in [5, 5.41) is 6.27. The lowest BCUT2D eigenvalue weighted by Gasteiger charge is -2.08. The van der Waals surface area contributed by atoms with Gasteiger partial charge in [0.25, 0.3) is 5.91 Å². The highest BCUT2D eigenvalue weighted by atomic mass is 16.1. The fourth-order valence-electron chi connectivity index (χ4n) is 2.06. The molecule has 0 spiro atoms. The lowest BCUT2D eigenvalue weighted by Crippen LogP contribution is -2.16. The minimum absolute atomic E-state index is 0.223. The van der Waals surface area contributed by atoms with Crippen LogP contribution in [0.15, 0.2) is 47.4 Å². The first-order valence-electron chi connectivity index (χ1n) is 7.03. The summed E-state index contributed by atoms with van der Waals surface area (Å²) in [5.74, 6) is -0.237. The third-order valence-corrected chi connectivity index (χ3v) is 3.40. The van der Waals surface area contributed by atoms with E-state index in [9.17, 15) is 9.59 Å². The molecule has 3 N–H and O–H groups in total. The number of aromatic amines is 1. The van der Waals surface area contributed by atoms with Crippen LogP contribution in [0.3, 0.4) is 0 Å². The predicted octanol–water partition coefficient (Wildman–Crippen LogP) is 1.88. The summed E-state index contributed by atoms with van der Waals surface area (Å²) in [7, 11) is 0. The van der Waals surface area contributed by atoms with E-state index in [2.05, 4.69) is 15.6 Å². The normalized spacial score (nSPS) is 13.9. The zero-order chi connectivity index (χ0) is 14.7. The van der Waals surface area contributed by atoms with Gasteiger partial charge in [-0.15, -0.1) is 0 Å². The van der Waals surface area contributed by atoms with Gasteiger partial charge in [-0.2, -0.15) is 0 Å². The van der Waals surface area contributed by atoms with Crippen molar-refractivity contribution in [2.75, 3.05) is 5.32 Å². The lowest BCUT2D eigenvalue weighted by molar-refractivity contribution is 0.102. The highest BCUT2D eigenvalue weighted by Gasteiger charge is 2.19. The van der Waals surface area contributed by atoms with Crippen LogP contribution < -0.4 is 16.2 Å². The molecule has 5 nitrogen and oxygen atoms in total. The number of carbonyl (C=O) groups excluding carboxylic acids is 1. The number of hydrogen-bond donors (Lipinski definition) is 3. The minimum atomic E-state index is -0.237. The average molecular weight is 283 g/mol. The van der Waals surface area contributed by atoms with Crippen LogP contribution in [0, 0.1) is 0 Å². The largest absolute Gasteiger partial charge is 0.328 e. The average Bonchev–Trinajstić information content (AvgIpc) is 3.30. The third kappa shape index (κ3) is 3.79. The quantitative estimate of drug-likeness (QED) is 0.784.